The summed E-state index contributed by atoms with van der Waals surface area (Å²) in [5, 5.41) is 3.23. The van der Waals surface area contributed by atoms with Crippen molar-refractivity contribution in [3.8, 4) is 11.5 Å². The molecule has 2 aromatic carbocycles. The van der Waals surface area contributed by atoms with Gasteiger partial charge in [-0.3, -0.25) is 9.10 Å². The van der Waals surface area contributed by atoms with Gasteiger partial charge in [-0.15, -0.1) is 0 Å². The highest BCUT2D eigenvalue weighted by Crippen LogP contribution is 2.37. The minimum absolute atomic E-state index is 0.106. The second-order valence-electron chi connectivity index (χ2n) is 6.95. The van der Waals surface area contributed by atoms with Crippen molar-refractivity contribution < 1.29 is 22.7 Å². The Bertz CT molecular complexity index is 1010. The molecule has 9 heteroatoms. The van der Waals surface area contributed by atoms with Crippen LogP contribution in [0.1, 0.15) is 18.9 Å². The Morgan fingerprint density at radius 1 is 1.30 bits per heavy atom. The van der Waals surface area contributed by atoms with Gasteiger partial charge in [0.15, 0.2) is 6.10 Å². The number of fused-ring (bicyclic) bond motifs is 1. The van der Waals surface area contributed by atoms with E-state index in [2.05, 4.69) is 5.32 Å². The Labute approximate surface area is 182 Å². The van der Waals surface area contributed by atoms with Gasteiger partial charge in [-0.25, -0.2) is 8.42 Å². The normalized spacial score (nSPS) is 15.8. The van der Waals surface area contributed by atoms with Crippen LogP contribution in [0.3, 0.4) is 0 Å². The lowest BCUT2D eigenvalue weighted by atomic mass is 10.1. The minimum Gasteiger partial charge on any atom is -0.494 e. The van der Waals surface area contributed by atoms with Crippen LogP contribution in [-0.2, 0) is 21.2 Å². The number of hydrogen-bond donors (Lipinski definition) is 1. The first-order valence-corrected chi connectivity index (χ1v) is 11.9. The van der Waals surface area contributed by atoms with E-state index in [0.717, 1.165) is 28.3 Å². The Morgan fingerprint density at radius 2 is 2.07 bits per heavy atom. The van der Waals surface area contributed by atoms with Crippen LogP contribution < -0.4 is 19.1 Å². The fraction of sp³-hybridized carbons (Fsp3) is 0.381. The number of amides is 1. The number of benzene rings is 2. The van der Waals surface area contributed by atoms with E-state index in [1.165, 1.54) is 6.07 Å². The summed E-state index contributed by atoms with van der Waals surface area (Å²) in [4.78, 5) is 12.6. The van der Waals surface area contributed by atoms with Crippen molar-refractivity contribution in [1.82, 2.24) is 5.32 Å². The average Bonchev–Trinajstić information content (AvgIpc) is 2.70. The summed E-state index contributed by atoms with van der Waals surface area (Å²) < 4.78 is 36.9. The highest BCUT2D eigenvalue weighted by molar-refractivity contribution is 7.92. The minimum atomic E-state index is -3.59. The van der Waals surface area contributed by atoms with Gasteiger partial charge in [0.1, 0.15) is 11.5 Å². The molecule has 162 valence electrons. The number of halogens is 1. The number of hydrogen-bond acceptors (Lipinski definition) is 5. The molecule has 0 spiro atoms. The molecule has 30 heavy (non-hydrogen) atoms. The lowest BCUT2D eigenvalue weighted by Gasteiger charge is -2.34. The SMILES string of the molecule is CCOc1ccccc1CCCNC(=O)[C@@H]1CN(S(C)(=O)=O)c2cc(Cl)ccc2O1. The van der Waals surface area contributed by atoms with Gasteiger partial charge in [-0.1, -0.05) is 29.8 Å². The van der Waals surface area contributed by atoms with E-state index in [4.69, 9.17) is 21.1 Å². The quantitative estimate of drug-likeness (QED) is 0.622. The van der Waals surface area contributed by atoms with E-state index in [-0.39, 0.29) is 12.5 Å². The number of nitrogens with one attached hydrogen (secondary N) is 1. The van der Waals surface area contributed by atoms with Gasteiger partial charge in [0.2, 0.25) is 10.0 Å². The first kappa shape index (κ1) is 22.2. The molecule has 3 rings (SSSR count). The van der Waals surface area contributed by atoms with Crippen molar-refractivity contribution in [3.05, 3.63) is 53.1 Å². The van der Waals surface area contributed by atoms with Crippen LogP contribution in [0.5, 0.6) is 11.5 Å². The zero-order valence-corrected chi connectivity index (χ0v) is 18.5. The molecule has 2 aromatic rings. The number of ether oxygens (including phenoxy) is 2. The molecule has 1 aliphatic rings. The second kappa shape index (κ2) is 9.57. The van der Waals surface area contributed by atoms with Gasteiger partial charge in [-0.05, 0) is 49.6 Å². The third-order valence-electron chi connectivity index (χ3n) is 4.68. The van der Waals surface area contributed by atoms with E-state index in [1.54, 1.807) is 12.1 Å². The second-order valence-corrected chi connectivity index (χ2v) is 9.29. The van der Waals surface area contributed by atoms with E-state index >= 15 is 0 Å². The number of anilines is 1. The smallest absolute Gasteiger partial charge is 0.263 e. The third-order valence-corrected chi connectivity index (χ3v) is 6.06. The number of carbonyl (C=O) groups excluding carboxylic acids is 1. The zero-order chi connectivity index (χ0) is 21.7. The van der Waals surface area contributed by atoms with E-state index in [9.17, 15) is 13.2 Å². The van der Waals surface area contributed by atoms with Crippen LogP contribution in [0.25, 0.3) is 0 Å². The zero-order valence-electron chi connectivity index (χ0n) is 16.9. The third kappa shape index (κ3) is 5.37. The number of rotatable bonds is 8. The molecule has 1 atom stereocenters. The molecule has 1 heterocycles. The maximum Gasteiger partial charge on any atom is 0.263 e. The molecule has 7 nitrogen and oxygen atoms in total. The highest BCUT2D eigenvalue weighted by atomic mass is 35.5. The van der Waals surface area contributed by atoms with Crippen molar-refractivity contribution in [1.29, 1.82) is 0 Å². The van der Waals surface area contributed by atoms with Gasteiger partial charge >= 0.3 is 0 Å². The van der Waals surface area contributed by atoms with Crippen molar-refractivity contribution >= 4 is 33.2 Å². The summed E-state index contributed by atoms with van der Waals surface area (Å²) in [5.41, 5.74) is 1.41. The molecular formula is C21H25ClN2O5S. The molecule has 0 unspecified atom stereocenters. The summed E-state index contributed by atoms with van der Waals surface area (Å²) >= 11 is 5.99. The van der Waals surface area contributed by atoms with E-state index in [1.807, 2.05) is 31.2 Å². The van der Waals surface area contributed by atoms with Gasteiger partial charge in [0.25, 0.3) is 5.91 Å². The molecule has 0 aliphatic carbocycles. The molecule has 0 radical (unpaired) electrons. The Balaban J connectivity index is 1.60. The predicted molar refractivity (Wildman–Crippen MR) is 117 cm³/mol. The number of nitrogens with zero attached hydrogens (tertiary/aromatic N) is 1. The Hall–Kier alpha value is -2.45. The fourth-order valence-corrected chi connectivity index (χ4v) is 4.36. The monoisotopic (exact) mass is 452 g/mol. The summed E-state index contributed by atoms with van der Waals surface area (Å²) in [6.07, 6.45) is 1.61. The number of aryl methyl sites for hydroxylation is 1. The van der Waals surface area contributed by atoms with Crippen molar-refractivity contribution in [3.63, 3.8) is 0 Å². The number of sulfonamides is 1. The van der Waals surface area contributed by atoms with Gasteiger partial charge in [0, 0.05) is 11.6 Å². The lowest BCUT2D eigenvalue weighted by Crippen LogP contribution is -2.50. The number of para-hydroxylation sites is 1. The van der Waals surface area contributed by atoms with Crippen molar-refractivity contribution in [2.75, 3.05) is 30.3 Å². The molecular weight excluding hydrogens is 428 g/mol. The molecule has 1 N–H and O–H groups in total. The van der Waals surface area contributed by atoms with Gasteiger partial charge < -0.3 is 14.8 Å². The lowest BCUT2D eigenvalue weighted by molar-refractivity contribution is -0.127. The van der Waals surface area contributed by atoms with Crippen LogP contribution in [0.2, 0.25) is 5.02 Å². The van der Waals surface area contributed by atoms with Crippen LogP contribution in [0.15, 0.2) is 42.5 Å². The van der Waals surface area contributed by atoms with E-state index in [0.29, 0.717) is 36.0 Å². The first-order valence-electron chi connectivity index (χ1n) is 9.72. The predicted octanol–water partition coefficient (Wildman–Crippen LogP) is 3.01. The summed E-state index contributed by atoms with van der Waals surface area (Å²) in [5.74, 6) is 0.796. The van der Waals surface area contributed by atoms with Crippen LogP contribution >= 0.6 is 11.6 Å². The summed E-state index contributed by atoms with van der Waals surface area (Å²) in [6, 6.07) is 12.5. The topological polar surface area (TPSA) is 84.9 Å². The van der Waals surface area contributed by atoms with Crippen LogP contribution in [-0.4, -0.2) is 46.4 Å². The summed E-state index contributed by atoms with van der Waals surface area (Å²) in [7, 11) is -3.59. The molecule has 0 fully saturated rings. The molecule has 0 saturated carbocycles. The first-order chi connectivity index (χ1) is 14.3. The molecule has 0 bridgehead atoms. The van der Waals surface area contributed by atoms with Gasteiger partial charge in [0.05, 0.1) is 25.1 Å². The largest absolute Gasteiger partial charge is 0.494 e. The van der Waals surface area contributed by atoms with E-state index < -0.39 is 16.1 Å². The van der Waals surface area contributed by atoms with Crippen molar-refractivity contribution in [2.45, 2.75) is 25.9 Å². The fourth-order valence-electron chi connectivity index (χ4n) is 3.29. The maximum absolute atomic E-state index is 12.6. The standard InChI is InChI=1S/C21H25ClN2O5S/c1-3-28-18-9-5-4-7-15(18)8-6-12-23-21(25)20-14-24(30(2,26)27)17-13-16(22)10-11-19(17)29-20/h4-5,7,9-11,13,20H,3,6,8,12,14H2,1-2H3,(H,23,25)/t20-/m0/s1. The van der Waals surface area contributed by atoms with Crippen LogP contribution in [0, 0.1) is 0 Å². The van der Waals surface area contributed by atoms with Crippen LogP contribution in [0.4, 0.5) is 5.69 Å². The van der Waals surface area contributed by atoms with Crippen molar-refractivity contribution in [2.24, 2.45) is 0 Å². The molecule has 0 aromatic heterocycles. The number of carbonyl (C=O) groups is 1. The molecule has 1 aliphatic heterocycles. The molecule has 0 saturated heterocycles. The molecule has 1 amide bonds. The average molecular weight is 453 g/mol. The maximum atomic E-state index is 12.6. The highest BCUT2D eigenvalue weighted by Gasteiger charge is 2.35. The van der Waals surface area contributed by atoms with Gasteiger partial charge in [-0.2, -0.15) is 0 Å². The Kier molecular flexibility index (Phi) is 7.10. The summed E-state index contributed by atoms with van der Waals surface area (Å²) in [6.45, 7) is 2.86. The Morgan fingerprint density at radius 3 is 2.80 bits per heavy atom.